The summed E-state index contributed by atoms with van der Waals surface area (Å²) >= 11 is 0. The number of nitrogens with zero attached hydrogens (tertiary/aromatic N) is 2. The second kappa shape index (κ2) is 7.79. The number of aliphatic hydroxyl groups is 1. The van der Waals surface area contributed by atoms with E-state index >= 15 is 0 Å². The molecule has 4 nitrogen and oxygen atoms in total. The Bertz CT molecular complexity index is 707. The van der Waals surface area contributed by atoms with Crippen LogP contribution >= 0.6 is 0 Å². The van der Waals surface area contributed by atoms with Gasteiger partial charge in [-0.05, 0) is 55.9 Å². The minimum absolute atomic E-state index is 0.195. The molecule has 1 saturated heterocycles. The van der Waals surface area contributed by atoms with Crippen LogP contribution < -0.4 is 0 Å². The Morgan fingerprint density at radius 2 is 1.92 bits per heavy atom. The van der Waals surface area contributed by atoms with Crippen LogP contribution in [0.3, 0.4) is 0 Å². The maximum Gasteiger partial charge on any atom is 0.222 e. The number of piperidine rings is 1. The molecule has 2 aromatic rings. The van der Waals surface area contributed by atoms with Crippen molar-refractivity contribution in [2.24, 2.45) is 0 Å². The largest absolute Gasteiger partial charge is 0.385 e. The summed E-state index contributed by atoms with van der Waals surface area (Å²) in [5.41, 5.74) is 2.54. The highest BCUT2D eigenvalue weighted by atomic mass is 16.3. The molecule has 3 rings (SSSR count). The van der Waals surface area contributed by atoms with Crippen LogP contribution in [-0.2, 0) is 16.8 Å². The molecule has 0 saturated carbocycles. The van der Waals surface area contributed by atoms with Gasteiger partial charge in [0.05, 0.1) is 5.60 Å². The molecule has 0 bridgehead atoms. The second-order valence-electron chi connectivity index (χ2n) is 6.99. The van der Waals surface area contributed by atoms with Crippen molar-refractivity contribution in [2.45, 2.75) is 44.6 Å². The minimum atomic E-state index is -0.806. The summed E-state index contributed by atoms with van der Waals surface area (Å²) in [7, 11) is 0. The molecule has 0 atom stereocenters. The van der Waals surface area contributed by atoms with Gasteiger partial charge < -0.3 is 10.0 Å². The highest BCUT2D eigenvalue weighted by Gasteiger charge is 2.35. The zero-order valence-corrected chi connectivity index (χ0v) is 14.8. The molecule has 25 heavy (non-hydrogen) atoms. The first-order chi connectivity index (χ1) is 12.1. The lowest BCUT2D eigenvalue weighted by molar-refractivity contribution is -0.135. The number of aryl methyl sites for hydroxylation is 2. The number of carbonyl (C=O) groups excluding carboxylic acids is 1. The first kappa shape index (κ1) is 17.6. The quantitative estimate of drug-likeness (QED) is 0.911. The third kappa shape index (κ3) is 4.45. The average Bonchev–Trinajstić information content (AvgIpc) is 2.63. The molecule has 1 N–H and O–H groups in total. The number of hydrogen-bond donors (Lipinski definition) is 1. The van der Waals surface area contributed by atoms with Crippen LogP contribution in [0.4, 0.5) is 0 Å². The van der Waals surface area contributed by atoms with Crippen LogP contribution in [0.2, 0.25) is 0 Å². The van der Waals surface area contributed by atoms with Crippen molar-refractivity contribution in [3.05, 3.63) is 65.5 Å². The monoisotopic (exact) mass is 338 g/mol. The van der Waals surface area contributed by atoms with E-state index in [1.807, 2.05) is 48.2 Å². The lowest BCUT2D eigenvalue weighted by Gasteiger charge is -2.38. The number of benzene rings is 1. The SMILES string of the molecule is Cc1cccc(C2(O)CCN(C(=O)CCCc3ccncc3)CC2)c1. The number of aromatic nitrogens is 1. The fourth-order valence-corrected chi connectivity index (χ4v) is 3.50. The van der Waals surface area contributed by atoms with Crippen molar-refractivity contribution in [1.82, 2.24) is 9.88 Å². The third-order valence-corrected chi connectivity index (χ3v) is 5.10. The van der Waals surface area contributed by atoms with Crippen LogP contribution in [0.15, 0.2) is 48.8 Å². The highest BCUT2D eigenvalue weighted by molar-refractivity contribution is 5.76. The van der Waals surface area contributed by atoms with Crippen LogP contribution in [0.5, 0.6) is 0 Å². The molecule has 1 aromatic heterocycles. The van der Waals surface area contributed by atoms with E-state index in [-0.39, 0.29) is 5.91 Å². The average molecular weight is 338 g/mol. The molecule has 1 aliphatic heterocycles. The van der Waals surface area contributed by atoms with Gasteiger partial charge in [-0.2, -0.15) is 0 Å². The maximum absolute atomic E-state index is 12.4. The van der Waals surface area contributed by atoms with Gasteiger partial charge >= 0.3 is 0 Å². The lowest BCUT2D eigenvalue weighted by atomic mass is 9.84. The molecule has 1 amide bonds. The Morgan fingerprint density at radius 1 is 1.20 bits per heavy atom. The fraction of sp³-hybridized carbons (Fsp3) is 0.429. The van der Waals surface area contributed by atoms with Crippen molar-refractivity contribution in [3.63, 3.8) is 0 Å². The first-order valence-electron chi connectivity index (χ1n) is 9.03. The third-order valence-electron chi connectivity index (χ3n) is 5.10. The predicted octanol–water partition coefficient (Wildman–Crippen LogP) is 3.22. The molecular weight excluding hydrogens is 312 g/mol. The molecule has 1 fully saturated rings. The van der Waals surface area contributed by atoms with Crippen LogP contribution in [0.1, 0.15) is 42.4 Å². The number of likely N-dealkylation sites (tertiary alicyclic amines) is 1. The second-order valence-corrected chi connectivity index (χ2v) is 6.99. The van der Waals surface area contributed by atoms with Gasteiger partial charge in [-0.25, -0.2) is 0 Å². The fourth-order valence-electron chi connectivity index (χ4n) is 3.50. The molecule has 2 heterocycles. The maximum atomic E-state index is 12.4. The standard InChI is InChI=1S/C21H26N2O2/c1-17-4-2-6-19(16-17)21(25)10-14-23(15-11-21)20(24)7-3-5-18-8-12-22-13-9-18/h2,4,6,8-9,12-13,16,25H,3,5,7,10-11,14-15H2,1H3. The summed E-state index contributed by atoms with van der Waals surface area (Å²) in [5, 5.41) is 10.9. The smallest absolute Gasteiger partial charge is 0.222 e. The number of amides is 1. The van der Waals surface area contributed by atoms with Gasteiger partial charge in [0.1, 0.15) is 0 Å². The zero-order valence-electron chi connectivity index (χ0n) is 14.8. The first-order valence-corrected chi connectivity index (χ1v) is 9.03. The van der Waals surface area contributed by atoms with Crippen LogP contribution in [0, 0.1) is 6.92 Å². The van der Waals surface area contributed by atoms with Crippen molar-refractivity contribution in [1.29, 1.82) is 0 Å². The van der Waals surface area contributed by atoms with E-state index in [2.05, 4.69) is 4.98 Å². The normalized spacial score (nSPS) is 16.6. The van der Waals surface area contributed by atoms with Gasteiger partial charge in [0.2, 0.25) is 5.91 Å². The van der Waals surface area contributed by atoms with Crippen LogP contribution in [0.25, 0.3) is 0 Å². The minimum Gasteiger partial charge on any atom is -0.385 e. The zero-order chi connectivity index (χ0) is 17.7. The summed E-state index contributed by atoms with van der Waals surface area (Å²) in [5.74, 6) is 0.195. The van der Waals surface area contributed by atoms with Crippen molar-refractivity contribution in [2.75, 3.05) is 13.1 Å². The van der Waals surface area contributed by atoms with Gasteiger partial charge in [0, 0.05) is 31.9 Å². The van der Waals surface area contributed by atoms with Crippen LogP contribution in [-0.4, -0.2) is 34.0 Å². The Kier molecular flexibility index (Phi) is 5.49. The summed E-state index contributed by atoms with van der Waals surface area (Å²) in [6.07, 6.45) is 7.09. The van der Waals surface area contributed by atoms with Gasteiger partial charge in [-0.1, -0.05) is 29.8 Å². The van der Waals surface area contributed by atoms with E-state index in [0.717, 1.165) is 24.0 Å². The van der Waals surface area contributed by atoms with E-state index in [0.29, 0.717) is 32.4 Å². The van der Waals surface area contributed by atoms with Crippen molar-refractivity contribution in [3.8, 4) is 0 Å². The van der Waals surface area contributed by atoms with E-state index in [1.54, 1.807) is 12.4 Å². The number of carbonyl (C=O) groups is 1. The van der Waals surface area contributed by atoms with Crippen molar-refractivity contribution < 1.29 is 9.90 Å². The molecule has 4 heteroatoms. The Labute approximate surface area is 149 Å². The Morgan fingerprint density at radius 3 is 2.60 bits per heavy atom. The Balaban J connectivity index is 1.49. The van der Waals surface area contributed by atoms with E-state index in [9.17, 15) is 9.90 Å². The predicted molar refractivity (Wildman–Crippen MR) is 98.1 cm³/mol. The Hall–Kier alpha value is -2.20. The topological polar surface area (TPSA) is 53.4 Å². The van der Waals surface area contributed by atoms with Gasteiger partial charge in [0.25, 0.3) is 0 Å². The number of rotatable bonds is 5. The molecule has 1 aromatic carbocycles. The van der Waals surface area contributed by atoms with Crippen molar-refractivity contribution >= 4 is 5.91 Å². The molecular formula is C21H26N2O2. The van der Waals surface area contributed by atoms with Gasteiger partial charge in [-0.15, -0.1) is 0 Å². The van der Waals surface area contributed by atoms with E-state index < -0.39 is 5.60 Å². The van der Waals surface area contributed by atoms with E-state index in [4.69, 9.17) is 0 Å². The molecule has 0 radical (unpaired) electrons. The molecule has 1 aliphatic rings. The molecule has 0 spiro atoms. The van der Waals surface area contributed by atoms with Gasteiger partial charge in [0.15, 0.2) is 0 Å². The van der Waals surface area contributed by atoms with Gasteiger partial charge in [-0.3, -0.25) is 9.78 Å². The summed E-state index contributed by atoms with van der Waals surface area (Å²) in [6.45, 7) is 3.28. The molecule has 132 valence electrons. The number of hydrogen-bond acceptors (Lipinski definition) is 3. The highest BCUT2D eigenvalue weighted by Crippen LogP contribution is 2.33. The summed E-state index contributed by atoms with van der Waals surface area (Å²) in [4.78, 5) is 18.3. The summed E-state index contributed by atoms with van der Waals surface area (Å²) < 4.78 is 0. The molecule has 0 unspecified atom stereocenters. The van der Waals surface area contributed by atoms with E-state index in [1.165, 1.54) is 5.56 Å². The summed E-state index contributed by atoms with van der Waals surface area (Å²) in [6, 6.07) is 12.0. The lowest BCUT2D eigenvalue weighted by Crippen LogP contribution is -2.45. The molecule has 0 aliphatic carbocycles. The number of pyridine rings is 1.